The van der Waals surface area contributed by atoms with Crippen molar-refractivity contribution >= 4 is 11.7 Å². The van der Waals surface area contributed by atoms with Gasteiger partial charge in [-0.25, -0.2) is 4.39 Å². The van der Waals surface area contributed by atoms with Gasteiger partial charge in [-0.15, -0.1) is 0 Å². The van der Waals surface area contributed by atoms with E-state index in [1.54, 1.807) is 16.7 Å². The van der Waals surface area contributed by atoms with Crippen molar-refractivity contribution in [3.63, 3.8) is 0 Å². The molecule has 3 heterocycles. The van der Waals surface area contributed by atoms with Crippen molar-refractivity contribution in [3.05, 3.63) is 70.9 Å². The molecule has 31 heavy (non-hydrogen) atoms. The summed E-state index contributed by atoms with van der Waals surface area (Å²) in [4.78, 5) is 15.2. The highest BCUT2D eigenvalue weighted by atomic mass is 19.1. The van der Waals surface area contributed by atoms with Gasteiger partial charge < -0.3 is 9.88 Å². The highest BCUT2D eigenvalue weighted by molar-refractivity contribution is 5.93. The predicted octanol–water partition coefficient (Wildman–Crippen LogP) is 4.22. The fraction of sp³-hybridized carbons (Fsp3) is 0.333. The minimum atomic E-state index is -0.374. The molecule has 0 aliphatic carbocycles. The Morgan fingerprint density at radius 2 is 2.10 bits per heavy atom. The summed E-state index contributed by atoms with van der Waals surface area (Å²) in [7, 11) is 2.02. The van der Waals surface area contributed by atoms with Crippen molar-refractivity contribution in [1.29, 1.82) is 5.26 Å². The number of carbonyl (C=O) groups is 1. The van der Waals surface area contributed by atoms with Gasteiger partial charge >= 0.3 is 0 Å². The van der Waals surface area contributed by atoms with Crippen molar-refractivity contribution in [1.82, 2.24) is 14.0 Å². The van der Waals surface area contributed by atoms with Gasteiger partial charge in [-0.1, -0.05) is 6.07 Å². The first-order valence-electron chi connectivity index (χ1n) is 10.4. The number of aromatic nitrogens is 2. The Hall–Kier alpha value is -3.37. The Morgan fingerprint density at radius 3 is 2.77 bits per heavy atom. The van der Waals surface area contributed by atoms with Crippen molar-refractivity contribution < 1.29 is 9.18 Å². The molecule has 1 atom stereocenters. The van der Waals surface area contributed by atoms with Crippen LogP contribution in [0.15, 0.2) is 42.6 Å². The molecule has 0 saturated carbocycles. The summed E-state index contributed by atoms with van der Waals surface area (Å²) in [6.07, 6.45) is 4.06. The Balaban J connectivity index is 1.62. The summed E-state index contributed by atoms with van der Waals surface area (Å²) in [5.74, 6) is -0.169. The van der Waals surface area contributed by atoms with Gasteiger partial charge in [0.05, 0.1) is 23.8 Å². The van der Waals surface area contributed by atoms with E-state index in [4.69, 9.17) is 0 Å². The van der Waals surface area contributed by atoms with Crippen LogP contribution in [0, 0.1) is 31.0 Å². The van der Waals surface area contributed by atoms with Gasteiger partial charge in [0.15, 0.2) is 0 Å². The molecule has 3 aromatic rings. The van der Waals surface area contributed by atoms with E-state index in [0.29, 0.717) is 17.1 Å². The van der Waals surface area contributed by atoms with Crippen LogP contribution in [0.3, 0.4) is 0 Å². The van der Waals surface area contributed by atoms with Crippen LogP contribution in [0.2, 0.25) is 0 Å². The van der Waals surface area contributed by atoms with Crippen LogP contribution >= 0.6 is 0 Å². The second kappa shape index (κ2) is 8.40. The Bertz CT molecular complexity index is 1170. The van der Waals surface area contributed by atoms with Crippen molar-refractivity contribution in [2.45, 2.75) is 32.7 Å². The third-order valence-electron chi connectivity index (χ3n) is 6.19. The number of nitriles is 1. The number of nitrogens with zero attached hydrogens (tertiary/aromatic N) is 4. The maximum Gasteiger partial charge on any atom is 0.239 e. The zero-order valence-corrected chi connectivity index (χ0v) is 18.0. The zero-order chi connectivity index (χ0) is 22.1. The molecule has 0 spiro atoms. The highest BCUT2D eigenvalue weighted by Crippen LogP contribution is 2.33. The van der Waals surface area contributed by atoms with Gasteiger partial charge in [0.25, 0.3) is 0 Å². The first-order valence-corrected chi connectivity index (χ1v) is 10.4. The summed E-state index contributed by atoms with van der Waals surface area (Å²) in [5.41, 5.74) is 3.72. The zero-order valence-electron chi connectivity index (χ0n) is 18.0. The van der Waals surface area contributed by atoms with Gasteiger partial charge in [-0.3, -0.25) is 14.3 Å². The predicted molar refractivity (Wildman–Crippen MR) is 118 cm³/mol. The normalized spacial score (nSPS) is 16.4. The van der Waals surface area contributed by atoms with E-state index in [-0.39, 0.29) is 24.3 Å². The first-order chi connectivity index (χ1) is 14.9. The molecule has 1 aliphatic heterocycles. The maximum absolute atomic E-state index is 13.9. The SMILES string of the molecule is Cc1c(C#N)c(NC(=O)CN2CCC[C@H]2c2cccn2C)n(-c2cccc(F)c2)c1C. The molecule has 4 rings (SSSR count). The summed E-state index contributed by atoms with van der Waals surface area (Å²) < 4.78 is 17.7. The molecule has 1 aliphatic rings. The molecule has 1 N–H and O–H groups in total. The molecule has 1 aromatic carbocycles. The topological polar surface area (TPSA) is 66.0 Å². The van der Waals surface area contributed by atoms with Gasteiger partial charge in [0, 0.05) is 24.6 Å². The standard InChI is InChI=1S/C24H26FN5O/c1-16-17(2)30(19-8-4-7-18(25)13-19)24(20(16)14-26)27-23(31)15-29-12-6-10-22(29)21-9-5-11-28(21)3/h4-5,7-9,11,13,22H,6,10,12,15H2,1-3H3,(H,27,31)/t22-/m0/s1. The van der Waals surface area contributed by atoms with Crippen LogP contribution in [0.1, 0.15) is 41.4 Å². The molecule has 6 nitrogen and oxygen atoms in total. The molecule has 2 aromatic heterocycles. The van der Waals surface area contributed by atoms with Gasteiger partial charge in [0.1, 0.15) is 17.7 Å². The lowest BCUT2D eigenvalue weighted by Crippen LogP contribution is -2.34. The largest absolute Gasteiger partial charge is 0.353 e. The van der Waals surface area contributed by atoms with Gasteiger partial charge in [-0.2, -0.15) is 5.26 Å². The fourth-order valence-electron chi connectivity index (χ4n) is 4.53. The molecule has 1 saturated heterocycles. The molecule has 0 unspecified atom stereocenters. The fourth-order valence-corrected chi connectivity index (χ4v) is 4.53. The monoisotopic (exact) mass is 419 g/mol. The second-order valence-electron chi connectivity index (χ2n) is 8.08. The summed E-state index contributed by atoms with van der Waals surface area (Å²) in [6, 6.07) is 12.7. The number of halogens is 1. The molecular formula is C24H26FN5O. The quantitative estimate of drug-likeness (QED) is 0.673. The van der Waals surface area contributed by atoms with Gasteiger partial charge in [0.2, 0.25) is 5.91 Å². The van der Waals surface area contributed by atoms with E-state index >= 15 is 0 Å². The van der Waals surface area contributed by atoms with E-state index in [9.17, 15) is 14.4 Å². The van der Waals surface area contributed by atoms with E-state index in [2.05, 4.69) is 26.9 Å². The number of nitrogens with one attached hydrogen (secondary N) is 1. The maximum atomic E-state index is 13.9. The van der Waals surface area contributed by atoms with E-state index < -0.39 is 0 Å². The first kappa shape index (κ1) is 20.9. The molecule has 1 fully saturated rings. The minimum absolute atomic E-state index is 0.187. The average molecular weight is 420 g/mol. The van der Waals surface area contributed by atoms with Gasteiger partial charge in [-0.05, 0) is 69.1 Å². The number of hydrogen-bond acceptors (Lipinski definition) is 3. The average Bonchev–Trinajstić information content (AvgIpc) is 3.41. The van der Waals surface area contributed by atoms with Crippen LogP contribution in [-0.2, 0) is 11.8 Å². The Morgan fingerprint density at radius 1 is 1.29 bits per heavy atom. The number of carbonyl (C=O) groups excluding carboxylic acids is 1. The minimum Gasteiger partial charge on any atom is -0.353 e. The van der Waals surface area contributed by atoms with E-state index in [1.807, 2.05) is 33.2 Å². The van der Waals surface area contributed by atoms with Crippen molar-refractivity contribution in [2.24, 2.45) is 7.05 Å². The Kier molecular flexibility index (Phi) is 5.66. The molecule has 7 heteroatoms. The van der Waals surface area contributed by atoms with Crippen LogP contribution in [0.4, 0.5) is 10.2 Å². The van der Waals surface area contributed by atoms with E-state index in [1.165, 1.54) is 17.8 Å². The lowest BCUT2D eigenvalue weighted by Gasteiger charge is -2.24. The molecule has 0 radical (unpaired) electrons. The molecular weight excluding hydrogens is 393 g/mol. The lowest BCUT2D eigenvalue weighted by molar-refractivity contribution is -0.117. The molecule has 0 bridgehead atoms. The number of rotatable bonds is 5. The number of anilines is 1. The third-order valence-corrected chi connectivity index (χ3v) is 6.19. The number of likely N-dealkylation sites (tertiary alicyclic amines) is 1. The van der Waals surface area contributed by atoms with Crippen molar-refractivity contribution in [3.8, 4) is 11.8 Å². The van der Waals surface area contributed by atoms with Crippen LogP contribution in [-0.4, -0.2) is 33.0 Å². The number of amides is 1. The second-order valence-corrected chi connectivity index (χ2v) is 8.08. The molecule has 1 amide bonds. The Labute approximate surface area is 181 Å². The summed E-state index contributed by atoms with van der Waals surface area (Å²) in [5, 5.41) is 12.7. The third kappa shape index (κ3) is 3.87. The summed E-state index contributed by atoms with van der Waals surface area (Å²) in [6.45, 7) is 4.78. The summed E-state index contributed by atoms with van der Waals surface area (Å²) >= 11 is 0. The van der Waals surface area contributed by atoms with Crippen LogP contribution in [0.25, 0.3) is 5.69 Å². The number of benzene rings is 1. The van der Waals surface area contributed by atoms with Crippen molar-refractivity contribution in [2.75, 3.05) is 18.4 Å². The highest BCUT2D eigenvalue weighted by Gasteiger charge is 2.30. The van der Waals surface area contributed by atoms with Crippen LogP contribution < -0.4 is 5.32 Å². The van der Waals surface area contributed by atoms with Crippen LogP contribution in [0.5, 0.6) is 0 Å². The lowest BCUT2D eigenvalue weighted by atomic mass is 10.1. The number of hydrogen-bond donors (Lipinski definition) is 1. The number of aryl methyl sites for hydroxylation is 1. The van der Waals surface area contributed by atoms with E-state index in [0.717, 1.165) is 30.6 Å². The molecule has 160 valence electrons. The smallest absolute Gasteiger partial charge is 0.239 e.